The Hall–Kier alpha value is -2.06. The highest BCUT2D eigenvalue weighted by Crippen LogP contribution is 2.22. The standard InChI is InChI=1S/C15H10BrFN2O3S/c16-10-1-2-12(11(17)7-10)21-14(20)4-3-13-18-15(19-22-13)9-5-6-23-8-9/h1-2,5-8H,3-4H2. The number of esters is 1. The summed E-state index contributed by atoms with van der Waals surface area (Å²) in [6, 6.07) is 6.09. The summed E-state index contributed by atoms with van der Waals surface area (Å²) in [5.41, 5.74) is 0.865. The summed E-state index contributed by atoms with van der Waals surface area (Å²) >= 11 is 4.67. The Balaban J connectivity index is 1.57. The quantitative estimate of drug-likeness (QED) is 0.476. The van der Waals surface area contributed by atoms with E-state index >= 15 is 0 Å². The van der Waals surface area contributed by atoms with Crippen LogP contribution in [0.2, 0.25) is 0 Å². The van der Waals surface area contributed by atoms with Gasteiger partial charge < -0.3 is 9.26 Å². The van der Waals surface area contributed by atoms with Crippen molar-refractivity contribution >= 4 is 33.2 Å². The Morgan fingerprint density at radius 3 is 3.00 bits per heavy atom. The van der Waals surface area contributed by atoms with Crippen LogP contribution in [0.1, 0.15) is 12.3 Å². The number of halogens is 2. The van der Waals surface area contributed by atoms with E-state index in [1.807, 2.05) is 16.8 Å². The highest BCUT2D eigenvalue weighted by molar-refractivity contribution is 9.10. The summed E-state index contributed by atoms with van der Waals surface area (Å²) in [5, 5.41) is 7.66. The molecule has 0 saturated carbocycles. The number of rotatable bonds is 5. The zero-order valence-corrected chi connectivity index (χ0v) is 14.1. The number of hydrogen-bond acceptors (Lipinski definition) is 6. The molecule has 23 heavy (non-hydrogen) atoms. The summed E-state index contributed by atoms with van der Waals surface area (Å²) in [7, 11) is 0. The minimum Gasteiger partial charge on any atom is -0.423 e. The highest BCUT2D eigenvalue weighted by Gasteiger charge is 2.13. The number of thiophene rings is 1. The van der Waals surface area contributed by atoms with E-state index in [4.69, 9.17) is 9.26 Å². The fourth-order valence-electron chi connectivity index (χ4n) is 1.81. The number of aryl methyl sites for hydroxylation is 1. The molecular formula is C15H10BrFN2O3S. The number of aromatic nitrogens is 2. The third-order valence-corrected chi connectivity index (χ3v) is 4.08. The Bertz CT molecular complexity index is 820. The Morgan fingerprint density at radius 1 is 1.39 bits per heavy atom. The molecular weight excluding hydrogens is 387 g/mol. The first-order valence-electron chi connectivity index (χ1n) is 6.63. The molecule has 0 aliphatic rings. The molecule has 0 N–H and O–H groups in total. The van der Waals surface area contributed by atoms with Crippen molar-refractivity contribution < 1.29 is 18.4 Å². The number of nitrogens with zero attached hydrogens (tertiary/aromatic N) is 2. The maximum Gasteiger partial charge on any atom is 0.311 e. The molecule has 0 saturated heterocycles. The smallest absolute Gasteiger partial charge is 0.311 e. The van der Waals surface area contributed by atoms with Crippen LogP contribution in [-0.4, -0.2) is 16.1 Å². The number of hydrogen-bond donors (Lipinski definition) is 0. The van der Waals surface area contributed by atoms with E-state index in [0.29, 0.717) is 16.2 Å². The van der Waals surface area contributed by atoms with Gasteiger partial charge in [-0.1, -0.05) is 21.1 Å². The summed E-state index contributed by atoms with van der Waals surface area (Å²) in [6.07, 6.45) is 0.245. The molecule has 0 amide bonds. The van der Waals surface area contributed by atoms with Gasteiger partial charge in [0.25, 0.3) is 0 Å². The second kappa shape index (κ2) is 7.01. The molecule has 0 spiro atoms. The fourth-order valence-corrected chi connectivity index (χ4v) is 2.77. The van der Waals surface area contributed by atoms with Gasteiger partial charge in [0.15, 0.2) is 11.6 Å². The van der Waals surface area contributed by atoms with Gasteiger partial charge in [-0.15, -0.1) is 0 Å². The molecule has 8 heteroatoms. The lowest BCUT2D eigenvalue weighted by Gasteiger charge is -2.04. The van der Waals surface area contributed by atoms with Crippen LogP contribution in [0.3, 0.4) is 0 Å². The van der Waals surface area contributed by atoms with E-state index in [1.54, 1.807) is 6.07 Å². The predicted octanol–water partition coefficient (Wildman–Crippen LogP) is 4.24. The Morgan fingerprint density at radius 2 is 2.26 bits per heavy atom. The number of carbonyl (C=O) groups excluding carboxylic acids is 1. The minimum absolute atomic E-state index is 0.0147. The van der Waals surface area contributed by atoms with Gasteiger partial charge in [-0.25, -0.2) is 4.39 Å². The second-order valence-corrected chi connectivity index (χ2v) is 6.27. The molecule has 0 fully saturated rings. The van der Waals surface area contributed by atoms with Gasteiger partial charge in [0, 0.05) is 21.8 Å². The normalized spacial score (nSPS) is 10.7. The highest BCUT2D eigenvalue weighted by atomic mass is 79.9. The van der Waals surface area contributed by atoms with E-state index in [2.05, 4.69) is 26.1 Å². The number of benzene rings is 1. The summed E-state index contributed by atoms with van der Waals surface area (Å²) in [4.78, 5) is 16.0. The molecule has 0 bridgehead atoms. The average molecular weight is 397 g/mol. The van der Waals surface area contributed by atoms with Crippen LogP contribution >= 0.6 is 27.3 Å². The SMILES string of the molecule is O=C(CCc1nc(-c2ccsc2)no1)Oc1ccc(Br)cc1F. The molecule has 0 aliphatic carbocycles. The first-order valence-corrected chi connectivity index (χ1v) is 8.36. The zero-order valence-electron chi connectivity index (χ0n) is 11.7. The molecule has 0 aliphatic heterocycles. The van der Waals surface area contributed by atoms with Gasteiger partial charge in [-0.2, -0.15) is 16.3 Å². The van der Waals surface area contributed by atoms with Gasteiger partial charge in [0.2, 0.25) is 11.7 Å². The van der Waals surface area contributed by atoms with E-state index in [-0.39, 0.29) is 18.6 Å². The van der Waals surface area contributed by atoms with Gasteiger partial charge >= 0.3 is 5.97 Å². The maximum atomic E-state index is 13.6. The van der Waals surface area contributed by atoms with Crippen molar-refractivity contribution in [1.29, 1.82) is 0 Å². The average Bonchev–Trinajstić information content (AvgIpc) is 3.18. The van der Waals surface area contributed by atoms with Crippen LogP contribution in [0.15, 0.2) is 44.0 Å². The minimum atomic E-state index is -0.606. The first kappa shape index (κ1) is 15.8. The van der Waals surface area contributed by atoms with Crippen molar-refractivity contribution in [1.82, 2.24) is 10.1 Å². The molecule has 1 aromatic carbocycles. The van der Waals surface area contributed by atoms with Gasteiger partial charge in [-0.3, -0.25) is 4.79 Å². The van der Waals surface area contributed by atoms with E-state index in [9.17, 15) is 9.18 Å². The third-order valence-electron chi connectivity index (χ3n) is 2.91. The van der Waals surface area contributed by atoms with Crippen molar-refractivity contribution in [2.24, 2.45) is 0 Å². The van der Waals surface area contributed by atoms with Crippen LogP contribution < -0.4 is 4.74 Å². The molecule has 0 unspecified atom stereocenters. The van der Waals surface area contributed by atoms with Crippen LogP contribution in [-0.2, 0) is 11.2 Å². The maximum absolute atomic E-state index is 13.6. The first-order chi connectivity index (χ1) is 11.1. The summed E-state index contributed by atoms with van der Waals surface area (Å²) < 4.78 is 24.2. The van der Waals surface area contributed by atoms with Gasteiger partial charge in [-0.05, 0) is 29.6 Å². The van der Waals surface area contributed by atoms with E-state index < -0.39 is 11.8 Å². The molecule has 2 aromatic heterocycles. The second-order valence-electron chi connectivity index (χ2n) is 4.57. The van der Waals surface area contributed by atoms with Crippen LogP contribution in [0.4, 0.5) is 4.39 Å². The van der Waals surface area contributed by atoms with Crippen molar-refractivity contribution in [2.75, 3.05) is 0 Å². The van der Waals surface area contributed by atoms with Crippen molar-refractivity contribution in [3.63, 3.8) is 0 Å². The van der Waals surface area contributed by atoms with E-state index in [1.165, 1.54) is 23.5 Å². The van der Waals surface area contributed by atoms with Gasteiger partial charge in [0.05, 0.1) is 6.42 Å². The van der Waals surface area contributed by atoms with Gasteiger partial charge in [0.1, 0.15) is 0 Å². The van der Waals surface area contributed by atoms with Crippen molar-refractivity contribution in [3.8, 4) is 17.1 Å². The molecule has 2 heterocycles. The largest absolute Gasteiger partial charge is 0.423 e. The number of ether oxygens (including phenoxy) is 1. The lowest BCUT2D eigenvalue weighted by molar-refractivity contribution is -0.134. The summed E-state index contributed by atoms with van der Waals surface area (Å²) in [5.74, 6) is -0.470. The molecule has 3 rings (SSSR count). The molecule has 3 aromatic rings. The summed E-state index contributed by atoms with van der Waals surface area (Å²) in [6.45, 7) is 0. The topological polar surface area (TPSA) is 65.2 Å². The van der Waals surface area contributed by atoms with Crippen molar-refractivity contribution in [2.45, 2.75) is 12.8 Å². The number of carbonyl (C=O) groups is 1. The molecule has 118 valence electrons. The van der Waals surface area contributed by atoms with Crippen molar-refractivity contribution in [3.05, 3.63) is 51.2 Å². The zero-order chi connectivity index (χ0) is 16.2. The Kier molecular flexibility index (Phi) is 4.82. The monoisotopic (exact) mass is 396 g/mol. The van der Waals surface area contributed by atoms with Crippen LogP contribution in [0.5, 0.6) is 5.75 Å². The Labute approximate surface area is 143 Å². The van der Waals surface area contributed by atoms with Crippen LogP contribution in [0.25, 0.3) is 11.4 Å². The van der Waals surface area contributed by atoms with E-state index in [0.717, 1.165) is 5.56 Å². The molecule has 0 atom stereocenters. The molecule has 0 radical (unpaired) electrons. The lowest BCUT2D eigenvalue weighted by atomic mass is 10.3. The molecule has 5 nitrogen and oxygen atoms in total. The predicted molar refractivity (Wildman–Crippen MR) is 85.7 cm³/mol. The van der Waals surface area contributed by atoms with Crippen LogP contribution in [0, 0.1) is 5.82 Å². The fraction of sp³-hybridized carbons (Fsp3) is 0.133. The third kappa shape index (κ3) is 4.02. The lowest BCUT2D eigenvalue weighted by Crippen LogP contribution is -2.10.